The summed E-state index contributed by atoms with van der Waals surface area (Å²) < 4.78 is 48.2. The second-order valence-electron chi connectivity index (χ2n) is 5.08. The summed E-state index contributed by atoms with van der Waals surface area (Å²) in [5, 5.41) is 9.85. The molecule has 0 aromatic heterocycles. The first kappa shape index (κ1) is 17.8. The highest BCUT2D eigenvalue weighted by Crippen LogP contribution is 2.36. The Morgan fingerprint density at radius 1 is 1.38 bits per heavy atom. The van der Waals surface area contributed by atoms with E-state index >= 15 is 0 Å². The SMILES string of the molecule is CCOC(=O)CCC1OC(=O)C(O)=C1c1cccc(C(F)(F)F)c1. The van der Waals surface area contributed by atoms with Gasteiger partial charge in [-0.15, -0.1) is 0 Å². The van der Waals surface area contributed by atoms with Crippen LogP contribution in [0, 0.1) is 0 Å². The van der Waals surface area contributed by atoms with E-state index in [1.165, 1.54) is 12.1 Å². The van der Waals surface area contributed by atoms with Crippen LogP contribution in [0.1, 0.15) is 30.9 Å². The Kier molecular flexibility index (Phi) is 5.16. The summed E-state index contributed by atoms with van der Waals surface area (Å²) in [5.74, 6) is -2.30. The summed E-state index contributed by atoms with van der Waals surface area (Å²) in [4.78, 5) is 23.0. The molecular formula is C16H15F3O5. The van der Waals surface area contributed by atoms with Crippen LogP contribution in [-0.2, 0) is 25.2 Å². The molecule has 5 nitrogen and oxygen atoms in total. The summed E-state index contributed by atoms with van der Waals surface area (Å²) in [7, 11) is 0. The van der Waals surface area contributed by atoms with Gasteiger partial charge in [-0.3, -0.25) is 4.79 Å². The second kappa shape index (κ2) is 6.94. The van der Waals surface area contributed by atoms with Gasteiger partial charge in [-0.1, -0.05) is 12.1 Å². The van der Waals surface area contributed by atoms with Crippen molar-refractivity contribution in [1.29, 1.82) is 0 Å². The van der Waals surface area contributed by atoms with Crippen molar-refractivity contribution in [3.05, 3.63) is 41.2 Å². The minimum atomic E-state index is -4.56. The highest BCUT2D eigenvalue weighted by molar-refractivity contribution is 6.00. The molecule has 8 heteroatoms. The number of esters is 2. The number of aliphatic hydroxyl groups is 1. The molecule has 1 aliphatic heterocycles. The van der Waals surface area contributed by atoms with E-state index in [0.717, 1.165) is 12.1 Å². The Balaban J connectivity index is 2.28. The van der Waals surface area contributed by atoms with Crippen LogP contribution in [0.25, 0.3) is 5.57 Å². The maximum absolute atomic E-state index is 12.8. The number of hydrogen-bond acceptors (Lipinski definition) is 5. The van der Waals surface area contributed by atoms with E-state index in [-0.39, 0.29) is 30.6 Å². The van der Waals surface area contributed by atoms with Crippen LogP contribution < -0.4 is 0 Å². The molecule has 1 aromatic carbocycles. The van der Waals surface area contributed by atoms with Gasteiger partial charge in [-0.25, -0.2) is 4.79 Å². The van der Waals surface area contributed by atoms with Crippen molar-refractivity contribution in [2.45, 2.75) is 32.0 Å². The molecule has 1 aliphatic rings. The van der Waals surface area contributed by atoms with Crippen LogP contribution in [0.3, 0.4) is 0 Å². The van der Waals surface area contributed by atoms with E-state index in [1.54, 1.807) is 6.92 Å². The number of halogens is 3. The fourth-order valence-electron chi connectivity index (χ4n) is 2.38. The van der Waals surface area contributed by atoms with E-state index in [4.69, 9.17) is 9.47 Å². The van der Waals surface area contributed by atoms with Crippen LogP contribution in [0.15, 0.2) is 30.0 Å². The molecule has 1 unspecified atom stereocenters. The topological polar surface area (TPSA) is 72.8 Å². The van der Waals surface area contributed by atoms with Gasteiger partial charge in [0.1, 0.15) is 6.10 Å². The van der Waals surface area contributed by atoms with Crippen LogP contribution in [0.4, 0.5) is 13.2 Å². The molecule has 24 heavy (non-hydrogen) atoms. The number of ether oxygens (including phenoxy) is 2. The lowest BCUT2D eigenvalue weighted by molar-refractivity contribution is -0.146. The van der Waals surface area contributed by atoms with Crippen molar-refractivity contribution >= 4 is 17.5 Å². The standard InChI is InChI=1S/C16H15F3O5/c1-2-23-12(20)7-6-11-13(14(21)15(22)24-11)9-4-3-5-10(8-9)16(17,18)19/h3-5,8,11,21H,2,6-7H2,1H3. The van der Waals surface area contributed by atoms with Gasteiger partial charge in [-0.2, -0.15) is 13.2 Å². The molecule has 1 heterocycles. The number of alkyl halides is 3. The Morgan fingerprint density at radius 3 is 2.71 bits per heavy atom. The van der Waals surface area contributed by atoms with Crippen molar-refractivity contribution in [2.24, 2.45) is 0 Å². The average molecular weight is 344 g/mol. The lowest BCUT2D eigenvalue weighted by Crippen LogP contribution is -2.15. The van der Waals surface area contributed by atoms with Crippen LogP contribution in [0.5, 0.6) is 0 Å². The Hall–Kier alpha value is -2.51. The lowest BCUT2D eigenvalue weighted by atomic mass is 9.96. The van der Waals surface area contributed by atoms with Crippen molar-refractivity contribution in [1.82, 2.24) is 0 Å². The van der Waals surface area contributed by atoms with Crippen molar-refractivity contribution in [3.8, 4) is 0 Å². The highest BCUT2D eigenvalue weighted by atomic mass is 19.4. The summed E-state index contributed by atoms with van der Waals surface area (Å²) in [6, 6.07) is 4.21. The molecule has 0 spiro atoms. The number of cyclic esters (lactones) is 1. The van der Waals surface area contributed by atoms with Gasteiger partial charge in [-0.05, 0) is 31.0 Å². The molecular weight excluding hydrogens is 329 g/mol. The van der Waals surface area contributed by atoms with Gasteiger partial charge in [0.05, 0.1) is 12.2 Å². The first-order chi connectivity index (χ1) is 11.2. The van der Waals surface area contributed by atoms with E-state index in [9.17, 15) is 27.9 Å². The van der Waals surface area contributed by atoms with Crippen LogP contribution in [-0.4, -0.2) is 29.8 Å². The summed E-state index contributed by atoms with van der Waals surface area (Å²) in [6.07, 6.45) is -5.66. The van der Waals surface area contributed by atoms with Crippen molar-refractivity contribution in [3.63, 3.8) is 0 Å². The fraction of sp³-hybridized carbons (Fsp3) is 0.375. The molecule has 0 amide bonds. The first-order valence-electron chi connectivity index (χ1n) is 7.21. The molecule has 1 atom stereocenters. The zero-order valence-corrected chi connectivity index (χ0v) is 12.7. The second-order valence-corrected chi connectivity index (χ2v) is 5.08. The normalized spacial score (nSPS) is 17.8. The molecule has 0 aliphatic carbocycles. The van der Waals surface area contributed by atoms with Crippen LogP contribution >= 0.6 is 0 Å². The Morgan fingerprint density at radius 2 is 2.08 bits per heavy atom. The van der Waals surface area contributed by atoms with E-state index in [2.05, 4.69) is 0 Å². The van der Waals surface area contributed by atoms with Gasteiger partial charge in [0.2, 0.25) is 5.76 Å². The largest absolute Gasteiger partial charge is 0.502 e. The monoisotopic (exact) mass is 344 g/mol. The third-order valence-corrected chi connectivity index (χ3v) is 3.44. The molecule has 0 saturated carbocycles. The Bertz CT molecular complexity index is 679. The first-order valence-corrected chi connectivity index (χ1v) is 7.21. The van der Waals surface area contributed by atoms with Crippen molar-refractivity contribution in [2.75, 3.05) is 6.61 Å². The number of carbonyl (C=O) groups is 2. The number of aliphatic hydroxyl groups excluding tert-OH is 1. The quantitative estimate of drug-likeness (QED) is 0.830. The lowest BCUT2D eigenvalue weighted by Gasteiger charge is -2.15. The predicted molar refractivity (Wildman–Crippen MR) is 76.7 cm³/mol. The third-order valence-electron chi connectivity index (χ3n) is 3.44. The molecule has 0 fully saturated rings. The highest BCUT2D eigenvalue weighted by Gasteiger charge is 2.37. The van der Waals surface area contributed by atoms with E-state index in [1.807, 2.05) is 0 Å². The van der Waals surface area contributed by atoms with Crippen LogP contribution in [0.2, 0.25) is 0 Å². The van der Waals surface area contributed by atoms with Gasteiger partial charge < -0.3 is 14.6 Å². The average Bonchev–Trinajstić information content (AvgIpc) is 2.80. The predicted octanol–water partition coefficient (Wildman–Crippen LogP) is 3.24. The van der Waals surface area contributed by atoms with Crippen molar-refractivity contribution < 1.29 is 37.3 Å². The van der Waals surface area contributed by atoms with Gasteiger partial charge >= 0.3 is 18.1 Å². The zero-order chi connectivity index (χ0) is 17.9. The number of carbonyl (C=O) groups excluding carboxylic acids is 2. The third kappa shape index (κ3) is 3.87. The van der Waals surface area contributed by atoms with Gasteiger partial charge in [0.15, 0.2) is 0 Å². The maximum Gasteiger partial charge on any atom is 0.416 e. The van der Waals surface area contributed by atoms with E-state index < -0.39 is 35.5 Å². The molecule has 1 N–H and O–H groups in total. The Labute approximate surface area is 135 Å². The smallest absolute Gasteiger partial charge is 0.416 e. The number of benzene rings is 1. The molecule has 0 radical (unpaired) electrons. The number of hydrogen-bond donors (Lipinski definition) is 1. The zero-order valence-electron chi connectivity index (χ0n) is 12.7. The van der Waals surface area contributed by atoms with Gasteiger partial charge in [0.25, 0.3) is 0 Å². The maximum atomic E-state index is 12.8. The number of rotatable bonds is 5. The minimum Gasteiger partial charge on any atom is -0.502 e. The molecule has 2 rings (SSSR count). The summed E-state index contributed by atoms with van der Waals surface area (Å²) in [5.41, 5.74) is -0.957. The fourth-order valence-corrected chi connectivity index (χ4v) is 2.38. The summed E-state index contributed by atoms with van der Waals surface area (Å²) >= 11 is 0. The molecule has 0 bridgehead atoms. The van der Waals surface area contributed by atoms with E-state index in [0.29, 0.717) is 0 Å². The van der Waals surface area contributed by atoms with Gasteiger partial charge in [0, 0.05) is 12.0 Å². The molecule has 0 saturated heterocycles. The summed E-state index contributed by atoms with van der Waals surface area (Å²) in [6.45, 7) is 1.82. The minimum absolute atomic E-state index is 0.000210. The molecule has 1 aromatic rings. The molecule has 130 valence electrons.